The Hall–Kier alpha value is -2.32. The minimum Gasteiger partial charge on any atom is -0.388 e. The van der Waals surface area contributed by atoms with Crippen molar-refractivity contribution in [1.29, 1.82) is 0 Å². The van der Waals surface area contributed by atoms with Crippen LogP contribution in [0.25, 0.3) is 0 Å². The van der Waals surface area contributed by atoms with E-state index in [-0.39, 0.29) is 55.9 Å². The molecule has 0 unspecified atom stereocenters. The van der Waals surface area contributed by atoms with Gasteiger partial charge in [-0.15, -0.1) is 0 Å². The fraction of sp³-hybridized carbons (Fsp3) is 0.833. The van der Waals surface area contributed by atoms with Gasteiger partial charge in [0, 0.05) is 45.2 Å². The average molecular weight is 523 g/mol. The van der Waals surface area contributed by atoms with Crippen LogP contribution < -0.4 is 16.0 Å². The highest BCUT2D eigenvalue weighted by Crippen LogP contribution is 2.29. The van der Waals surface area contributed by atoms with Crippen molar-refractivity contribution in [3.8, 4) is 0 Å². The highest BCUT2D eigenvalue weighted by atomic mass is 16.5. The molecule has 4 amide bonds. The van der Waals surface area contributed by atoms with Crippen LogP contribution in [-0.4, -0.2) is 143 Å². The molecule has 0 aromatic rings. The maximum absolute atomic E-state index is 13.9. The van der Waals surface area contributed by atoms with Gasteiger partial charge >= 0.3 is 0 Å². The largest absolute Gasteiger partial charge is 0.388 e. The van der Waals surface area contributed by atoms with Crippen LogP contribution in [0.15, 0.2) is 0 Å². The predicted octanol–water partition coefficient (Wildman–Crippen LogP) is -3.63. The van der Waals surface area contributed by atoms with Crippen LogP contribution in [-0.2, 0) is 23.9 Å². The molecule has 5 heterocycles. The van der Waals surface area contributed by atoms with Gasteiger partial charge in [-0.2, -0.15) is 0 Å². The van der Waals surface area contributed by atoms with Gasteiger partial charge in [-0.25, -0.2) is 0 Å². The van der Waals surface area contributed by atoms with E-state index in [0.29, 0.717) is 19.5 Å². The summed E-state index contributed by atoms with van der Waals surface area (Å²) in [5, 5.41) is 30.0. The number of ether oxygens (including phenoxy) is 1. The molecule has 5 fully saturated rings. The van der Waals surface area contributed by atoms with Crippen molar-refractivity contribution < 1.29 is 34.1 Å². The molecule has 5 aliphatic rings. The number of piperazine rings is 1. The predicted molar refractivity (Wildman–Crippen MR) is 129 cm³/mol. The van der Waals surface area contributed by atoms with E-state index in [4.69, 9.17) is 4.74 Å². The Labute approximate surface area is 215 Å². The second-order valence-corrected chi connectivity index (χ2v) is 10.8. The summed E-state index contributed by atoms with van der Waals surface area (Å²) < 4.78 is 5.76. The summed E-state index contributed by atoms with van der Waals surface area (Å²) in [4.78, 5) is 57.6. The molecule has 5 saturated heterocycles. The quantitative estimate of drug-likeness (QED) is 0.234. The molecule has 5 N–H and O–H groups in total. The molecule has 6 bridgehead atoms. The van der Waals surface area contributed by atoms with E-state index < -0.39 is 42.4 Å². The Morgan fingerprint density at radius 3 is 2.46 bits per heavy atom. The lowest BCUT2D eigenvalue weighted by molar-refractivity contribution is -0.149. The van der Waals surface area contributed by atoms with Crippen LogP contribution >= 0.6 is 0 Å². The first-order valence-corrected chi connectivity index (χ1v) is 13.3. The van der Waals surface area contributed by atoms with Crippen molar-refractivity contribution in [1.82, 2.24) is 30.7 Å². The Morgan fingerprint density at radius 1 is 1.00 bits per heavy atom. The van der Waals surface area contributed by atoms with E-state index >= 15 is 0 Å². The summed E-state index contributed by atoms with van der Waals surface area (Å²) in [6.45, 7) is 4.19. The van der Waals surface area contributed by atoms with Gasteiger partial charge in [0.25, 0.3) is 0 Å². The first-order valence-electron chi connectivity index (χ1n) is 13.3. The number of hydrogen-bond donors (Lipinski definition) is 5. The van der Waals surface area contributed by atoms with E-state index in [1.165, 1.54) is 11.8 Å². The molecular formula is C24H38N6O7. The Balaban J connectivity index is 1.42. The van der Waals surface area contributed by atoms with Crippen LogP contribution in [0.5, 0.6) is 0 Å². The molecule has 0 aromatic heterocycles. The highest BCUT2D eigenvalue weighted by molar-refractivity contribution is 5.89. The van der Waals surface area contributed by atoms with Crippen molar-refractivity contribution in [2.75, 3.05) is 45.8 Å². The van der Waals surface area contributed by atoms with Gasteiger partial charge in [0.1, 0.15) is 24.4 Å². The summed E-state index contributed by atoms with van der Waals surface area (Å²) in [5.41, 5.74) is 0. The van der Waals surface area contributed by atoms with Gasteiger partial charge in [-0.05, 0) is 32.4 Å². The van der Waals surface area contributed by atoms with Crippen molar-refractivity contribution in [2.24, 2.45) is 0 Å². The fourth-order valence-electron chi connectivity index (χ4n) is 6.50. The van der Waals surface area contributed by atoms with Crippen molar-refractivity contribution in [3.05, 3.63) is 0 Å². The molecular weight excluding hydrogens is 484 g/mol. The Morgan fingerprint density at radius 2 is 1.73 bits per heavy atom. The molecule has 0 aliphatic carbocycles. The standard InChI is InChI=1S/C24H38N6O7/c1-13(31)29-7-6-28-12-17(29)23(35)26-10-19-22(34)21(33)18(37-19)9-20(32)27-14-8-16(24(28)36)30(11-14)15-2-4-25-5-3-15/h14-19,21-22,25,33-34H,2-12H2,1H3,(H,26,35)(H,27,32)/t14-,16-,17-,18-,19+,21-,22+/m0/s1. The molecule has 0 radical (unpaired) electrons. The minimum atomic E-state index is -1.27. The fourth-order valence-corrected chi connectivity index (χ4v) is 6.50. The maximum Gasteiger partial charge on any atom is 0.244 e. The summed E-state index contributed by atoms with van der Waals surface area (Å²) in [5.74, 6) is -1.11. The number of carbonyl (C=O) groups excluding carboxylic acids is 4. The molecule has 37 heavy (non-hydrogen) atoms. The lowest BCUT2D eigenvalue weighted by atomic mass is 10.0. The number of nitrogens with one attached hydrogen (secondary N) is 3. The van der Waals surface area contributed by atoms with Gasteiger partial charge in [0.15, 0.2) is 0 Å². The van der Waals surface area contributed by atoms with Gasteiger partial charge in [-0.1, -0.05) is 0 Å². The molecule has 5 aliphatic heterocycles. The van der Waals surface area contributed by atoms with E-state index in [0.717, 1.165) is 25.9 Å². The number of piperidine rings is 1. The first kappa shape index (κ1) is 26.3. The molecule has 13 heteroatoms. The lowest BCUT2D eigenvalue weighted by Crippen LogP contribution is -2.63. The third-order valence-corrected chi connectivity index (χ3v) is 8.49. The van der Waals surface area contributed by atoms with Gasteiger partial charge in [0.2, 0.25) is 23.6 Å². The van der Waals surface area contributed by atoms with Crippen LogP contribution in [0.4, 0.5) is 0 Å². The van der Waals surface area contributed by atoms with E-state index in [9.17, 15) is 29.4 Å². The molecule has 13 nitrogen and oxygen atoms in total. The number of aliphatic hydroxyl groups excluding tert-OH is 2. The van der Waals surface area contributed by atoms with Gasteiger partial charge < -0.3 is 40.7 Å². The number of aliphatic hydroxyl groups is 2. The summed E-state index contributed by atoms with van der Waals surface area (Å²) in [7, 11) is 0. The van der Waals surface area contributed by atoms with Crippen molar-refractivity contribution in [2.45, 2.75) is 81.2 Å². The van der Waals surface area contributed by atoms with Crippen molar-refractivity contribution >= 4 is 23.6 Å². The SMILES string of the molecule is CC(=O)N1CCN2C[C@H]1C(=O)NC[C@H]1O[C@@H](CC(=O)N[C@H]3C[C@@H](C2=O)N(C2CCNCC2)C3)[C@H](O)[C@@H]1O. The van der Waals surface area contributed by atoms with E-state index in [1.807, 2.05) is 0 Å². The Kier molecular flexibility index (Phi) is 7.68. The third kappa shape index (κ3) is 5.32. The zero-order valence-electron chi connectivity index (χ0n) is 21.2. The molecule has 0 saturated carbocycles. The zero-order chi connectivity index (χ0) is 26.3. The Bertz CT molecular complexity index is 914. The highest BCUT2D eigenvalue weighted by Gasteiger charge is 2.47. The summed E-state index contributed by atoms with van der Waals surface area (Å²) >= 11 is 0. The third-order valence-electron chi connectivity index (χ3n) is 8.49. The lowest BCUT2D eigenvalue weighted by Gasteiger charge is -2.42. The molecule has 7 atom stereocenters. The molecule has 206 valence electrons. The van der Waals surface area contributed by atoms with Gasteiger partial charge in [-0.3, -0.25) is 24.1 Å². The molecule has 0 aromatic carbocycles. The number of carbonyl (C=O) groups is 4. The minimum absolute atomic E-state index is 0.0666. The van der Waals surface area contributed by atoms with E-state index in [1.54, 1.807) is 4.90 Å². The van der Waals surface area contributed by atoms with Crippen LogP contribution in [0.3, 0.4) is 0 Å². The smallest absolute Gasteiger partial charge is 0.244 e. The second-order valence-electron chi connectivity index (χ2n) is 10.8. The number of likely N-dealkylation sites (tertiary alicyclic amines) is 1. The normalized spacial score (nSPS) is 38.5. The van der Waals surface area contributed by atoms with E-state index in [2.05, 4.69) is 20.9 Å². The second kappa shape index (κ2) is 10.8. The number of fused-ring (bicyclic) bond motifs is 6. The number of hydrogen-bond acceptors (Lipinski definition) is 9. The van der Waals surface area contributed by atoms with Crippen LogP contribution in [0, 0.1) is 0 Å². The topological polar surface area (TPSA) is 164 Å². The summed E-state index contributed by atoms with van der Waals surface area (Å²) in [6.07, 6.45) is -2.26. The monoisotopic (exact) mass is 522 g/mol. The maximum atomic E-state index is 13.9. The van der Waals surface area contributed by atoms with Crippen LogP contribution in [0.2, 0.25) is 0 Å². The molecule has 0 spiro atoms. The average Bonchev–Trinajstić information content (AvgIpc) is 3.42. The van der Waals surface area contributed by atoms with Crippen molar-refractivity contribution in [3.63, 3.8) is 0 Å². The number of amides is 4. The van der Waals surface area contributed by atoms with Crippen LogP contribution in [0.1, 0.15) is 32.6 Å². The first-order chi connectivity index (χ1) is 17.7. The van der Waals surface area contributed by atoms with Gasteiger partial charge in [0.05, 0.1) is 25.1 Å². The number of rotatable bonds is 1. The number of nitrogens with zero attached hydrogens (tertiary/aromatic N) is 3. The molecule has 5 rings (SSSR count). The zero-order valence-corrected chi connectivity index (χ0v) is 21.2. The summed E-state index contributed by atoms with van der Waals surface area (Å²) in [6, 6.07) is -1.35.